The molecule has 0 saturated heterocycles. The summed E-state index contributed by atoms with van der Waals surface area (Å²) >= 11 is 1.72. The molecule has 0 fully saturated rings. The molecule has 0 saturated carbocycles. The quantitative estimate of drug-likeness (QED) is 0.229. The molecule has 0 N–H and O–H groups in total. The molecule has 2 nitrogen and oxygen atoms in total. The van der Waals surface area contributed by atoms with E-state index in [4.69, 9.17) is 0 Å². The second-order valence-corrected chi connectivity index (χ2v) is 4.91. The Morgan fingerprint density at radius 3 is 2.62 bits per heavy atom. The smallest absolute Gasteiger partial charge is 0.813 e. The minimum Gasteiger partial charge on any atom is -0.813 e. The summed E-state index contributed by atoms with van der Waals surface area (Å²) in [6, 6.07) is 0. The van der Waals surface area contributed by atoms with E-state index < -0.39 is 0 Å². The molecular weight excluding hydrogens is 231 g/mol. The Labute approximate surface area is 120 Å². The summed E-state index contributed by atoms with van der Waals surface area (Å²) in [7, 11) is 0. The van der Waals surface area contributed by atoms with Crippen LogP contribution in [0.15, 0.2) is 17.4 Å². The minimum atomic E-state index is 0. The Hall–Kier alpha value is -0.0126. The van der Waals surface area contributed by atoms with Crippen molar-refractivity contribution in [2.45, 2.75) is 31.7 Å². The van der Waals surface area contributed by atoms with Crippen LogP contribution in [0.5, 0.6) is 0 Å². The van der Waals surface area contributed by atoms with Gasteiger partial charge < -0.3 is 13.5 Å². The average molecular weight is 245 g/mol. The third kappa shape index (κ3) is 3.24. The van der Waals surface area contributed by atoms with Crippen LogP contribution in [0.4, 0.5) is 0 Å². The standard InChI is InChI=1S/C11H13N2S.Li.H2S/c1-7(2)10-9-5-4-8(3)14-11(9)13-6-12-10;;/h4-7H,1-3H3;;1H2/q-1;+1;/p-1. The largest absolute Gasteiger partial charge is 1.00 e. The molecule has 1 aliphatic heterocycles. The van der Waals surface area contributed by atoms with Gasteiger partial charge in [0.25, 0.3) is 0 Å². The molecule has 5 heteroatoms. The first-order valence-electron chi connectivity index (χ1n) is 4.73. The van der Waals surface area contributed by atoms with E-state index in [0.29, 0.717) is 5.92 Å². The number of thioether (sulfide) groups is 1. The van der Waals surface area contributed by atoms with E-state index in [1.54, 1.807) is 18.1 Å². The molecule has 0 unspecified atom stereocenters. The zero-order valence-electron chi connectivity index (χ0n) is 10.1. The summed E-state index contributed by atoms with van der Waals surface area (Å²) in [6.45, 7) is 6.42. The van der Waals surface area contributed by atoms with Crippen molar-refractivity contribution in [3.8, 4) is 0 Å². The van der Waals surface area contributed by atoms with Crippen LogP contribution in [0, 0.1) is 5.25 Å². The molecule has 1 aromatic heterocycles. The van der Waals surface area contributed by atoms with Crippen LogP contribution in [0.3, 0.4) is 0 Å². The van der Waals surface area contributed by atoms with Crippen molar-refractivity contribution < 1.29 is 18.9 Å². The third-order valence-electron chi connectivity index (χ3n) is 2.17. The molecule has 0 atom stereocenters. The van der Waals surface area contributed by atoms with Crippen LogP contribution in [0.25, 0.3) is 6.08 Å². The predicted molar refractivity (Wildman–Crippen MR) is 68.7 cm³/mol. The summed E-state index contributed by atoms with van der Waals surface area (Å²) in [5.74, 6) is 0.454. The van der Waals surface area contributed by atoms with E-state index in [1.807, 2.05) is 0 Å². The van der Waals surface area contributed by atoms with Crippen LogP contribution < -0.4 is 18.9 Å². The number of fused-ring (bicyclic) bond motifs is 1. The Morgan fingerprint density at radius 2 is 2.00 bits per heavy atom. The summed E-state index contributed by atoms with van der Waals surface area (Å²) in [4.78, 5) is 8.62. The van der Waals surface area contributed by atoms with E-state index in [2.05, 4.69) is 42.9 Å². The molecule has 0 radical (unpaired) electrons. The second-order valence-electron chi connectivity index (χ2n) is 3.68. The average Bonchev–Trinajstić information content (AvgIpc) is 2.16. The van der Waals surface area contributed by atoms with E-state index in [0.717, 1.165) is 10.7 Å². The zero-order valence-corrected chi connectivity index (χ0v) is 11.8. The Balaban J connectivity index is 0.00000112. The molecule has 82 valence electrons. The summed E-state index contributed by atoms with van der Waals surface area (Å²) in [5, 5.41) is 2.37. The molecule has 2 heterocycles. The fourth-order valence-electron chi connectivity index (χ4n) is 1.48. The van der Waals surface area contributed by atoms with Crippen molar-refractivity contribution in [2.75, 3.05) is 0 Å². The van der Waals surface area contributed by atoms with Crippen molar-refractivity contribution in [3.05, 3.63) is 28.9 Å². The van der Waals surface area contributed by atoms with E-state index in [-0.39, 0.29) is 32.4 Å². The molecule has 2 rings (SSSR count). The van der Waals surface area contributed by atoms with Crippen molar-refractivity contribution in [2.24, 2.45) is 0 Å². The number of hydrogen-bond acceptors (Lipinski definition) is 4. The van der Waals surface area contributed by atoms with Crippen LogP contribution in [-0.4, -0.2) is 9.97 Å². The van der Waals surface area contributed by atoms with Crippen LogP contribution in [0.1, 0.15) is 37.9 Å². The summed E-state index contributed by atoms with van der Waals surface area (Å²) in [5.41, 5.74) is 2.34. The van der Waals surface area contributed by atoms with Crippen LogP contribution >= 0.6 is 11.8 Å². The van der Waals surface area contributed by atoms with E-state index >= 15 is 0 Å². The van der Waals surface area contributed by atoms with Gasteiger partial charge in [0.1, 0.15) is 6.33 Å². The molecule has 0 spiro atoms. The first-order valence-corrected chi connectivity index (χ1v) is 5.54. The van der Waals surface area contributed by atoms with Gasteiger partial charge in [0, 0.05) is 5.69 Å². The minimum absolute atomic E-state index is 0. The van der Waals surface area contributed by atoms with Gasteiger partial charge in [-0.1, -0.05) is 19.4 Å². The van der Waals surface area contributed by atoms with Gasteiger partial charge in [0.05, 0.1) is 5.03 Å². The molecule has 0 bridgehead atoms. The second kappa shape index (κ2) is 6.66. The first kappa shape index (κ1) is 16.0. The third-order valence-corrected chi connectivity index (χ3v) is 3.14. The van der Waals surface area contributed by atoms with Crippen LogP contribution in [0.2, 0.25) is 0 Å². The van der Waals surface area contributed by atoms with Crippen LogP contribution in [-0.2, 0) is 13.5 Å². The SMILES string of the molecule is C[C-]1C=Cc2c(ncnc2C(C)C)S1.[Li+].[SH-]. The topological polar surface area (TPSA) is 25.8 Å². The summed E-state index contributed by atoms with van der Waals surface area (Å²) < 4.78 is 0. The van der Waals surface area contributed by atoms with Gasteiger partial charge in [-0.2, -0.15) is 23.1 Å². The molecule has 1 aliphatic rings. The Morgan fingerprint density at radius 1 is 1.31 bits per heavy atom. The number of rotatable bonds is 1. The first-order chi connectivity index (χ1) is 6.68. The molecular formula is C11H14LiN2S2-. The van der Waals surface area contributed by atoms with E-state index in [9.17, 15) is 0 Å². The number of aromatic nitrogens is 2. The van der Waals surface area contributed by atoms with Gasteiger partial charge in [0.2, 0.25) is 0 Å². The molecule has 1 aromatic rings. The molecule has 0 aliphatic carbocycles. The maximum atomic E-state index is 4.33. The Bertz CT molecular complexity index is 380. The fourth-order valence-corrected chi connectivity index (χ4v) is 2.30. The van der Waals surface area contributed by atoms with Gasteiger partial charge >= 0.3 is 18.9 Å². The van der Waals surface area contributed by atoms with Gasteiger partial charge in [-0.15, -0.1) is 6.92 Å². The monoisotopic (exact) mass is 245 g/mol. The number of thiol groups is 1. The zero-order chi connectivity index (χ0) is 10.1. The van der Waals surface area contributed by atoms with Gasteiger partial charge in [-0.3, -0.25) is 0 Å². The normalized spacial score (nSPS) is 12.9. The van der Waals surface area contributed by atoms with E-state index in [1.165, 1.54) is 10.8 Å². The van der Waals surface area contributed by atoms with Gasteiger partial charge in [0.15, 0.2) is 0 Å². The fraction of sp³-hybridized carbons (Fsp3) is 0.364. The van der Waals surface area contributed by atoms with Crippen molar-refractivity contribution >= 4 is 31.3 Å². The molecule has 16 heavy (non-hydrogen) atoms. The Kier molecular flexibility index (Phi) is 6.65. The van der Waals surface area contributed by atoms with Crippen molar-refractivity contribution in [1.82, 2.24) is 9.97 Å². The summed E-state index contributed by atoms with van der Waals surface area (Å²) in [6.07, 6.45) is 5.91. The van der Waals surface area contributed by atoms with Gasteiger partial charge in [-0.05, 0) is 5.92 Å². The number of nitrogens with zero attached hydrogens (tertiary/aromatic N) is 2. The molecule has 0 aromatic carbocycles. The number of hydrogen-bond donors (Lipinski definition) is 0. The van der Waals surface area contributed by atoms with Crippen molar-refractivity contribution in [1.29, 1.82) is 0 Å². The van der Waals surface area contributed by atoms with Crippen molar-refractivity contribution in [3.63, 3.8) is 0 Å². The molecule has 0 amide bonds. The predicted octanol–water partition coefficient (Wildman–Crippen LogP) is 0.00469. The maximum absolute atomic E-state index is 4.33. The van der Waals surface area contributed by atoms with Gasteiger partial charge in [-0.25, -0.2) is 16.0 Å². The maximum Gasteiger partial charge on any atom is 1.00 e.